The van der Waals surface area contributed by atoms with Crippen LogP contribution in [0.15, 0.2) is 18.2 Å². The highest BCUT2D eigenvalue weighted by atomic mass is 35.5. The van der Waals surface area contributed by atoms with Crippen LogP contribution in [0.25, 0.3) is 11.0 Å². The Morgan fingerprint density at radius 3 is 2.76 bits per heavy atom. The number of hydrogen-bond acceptors (Lipinski definition) is 3. The Kier molecular flexibility index (Phi) is 5.01. The van der Waals surface area contributed by atoms with Crippen molar-refractivity contribution < 1.29 is 4.74 Å². The van der Waals surface area contributed by atoms with Crippen molar-refractivity contribution in [3.63, 3.8) is 0 Å². The lowest BCUT2D eigenvalue weighted by atomic mass is 10.3. The predicted molar refractivity (Wildman–Crippen MR) is 86.2 cm³/mol. The van der Waals surface area contributed by atoms with Gasteiger partial charge in [-0.1, -0.05) is 17.7 Å². The summed E-state index contributed by atoms with van der Waals surface area (Å²) in [6, 6.07) is 5.81. The molecule has 1 aliphatic heterocycles. The number of imidazole rings is 1. The maximum absolute atomic E-state index is 6.33. The van der Waals surface area contributed by atoms with Crippen molar-refractivity contribution in [3.05, 3.63) is 29.0 Å². The number of fused-ring (bicyclic) bond motifs is 1. The fraction of sp³-hybridized carbons (Fsp3) is 0.533. The lowest BCUT2D eigenvalue weighted by Gasteiger charge is -2.26. The van der Waals surface area contributed by atoms with Crippen LogP contribution in [0, 0.1) is 0 Å². The van der Waals surface area contributed by atoms with Crippen molar-refractivity contribution in [2.45, 2.75) is 18.8 Å². The second-order valence-electron chi connectivity index (χ2n) is 5.23. The summed E-state index contributed by atoms with van der Waals surface area (Å²) >= 11 is 12.4. The highest BCUT2D eigenvalue weighted by molar-refractivity contribution is 6.35. The van der Waals surface area contributed by atoms with Gasteiger partial charge in [-0.15, -0.1) is 11.6 Å². The number of aromatic nitrogens is 2. The number of nitrogens with zero attached hydrogens (tertiary/aromatic N) is 3. The van der Waals surface area contributed by atoms with Gasteiger partial charge in [-0.25, -0.2) is 4.98 Å². The van der Waals surface area contributed by atoms with Crippen molar-refractivity contribution in [1.29, 1.82) is 0 Å². The highest BCUT2D eigenvalue weighted by Gasteiger charge is 2.14. The van der Waals surface area contributed by atoms with Gasteiger partial charge in [0, 0.05) is 26.2 Å². The number of rotatable bonds is 5. The highest BCUT2D eigenvalue weighted by Crippen LogP contribution is 2.25. The first-order valence-electron chi connectivity index (χ1n) is 7.29. The molecule has 21 heavy (non-hydrogen) atoms. The van der Waals surface area contributed by atoms with Crippen LogP contribution in [0.2, 0.25) is 5.02 Å². The fourth-order valence-electron chi connectivity index (χ4n) is 2.81. The molecule has 2 aromatic rings. The summed E-state index contributed by atoms with van der Waals surface area (Å²) in [6.45, 7) is 5.68. The van der Waals surface area contributed by atoms with Gasteiger partial charge in [0.05, 0.1) is 35.1 Å². The fourth-order valence-corrected chi connectivity index (χ4v) is 3.29. The molecule has 0 atom stereocenters. The van der Waals surface area contributed by atoms with E-state index in [1.165, 1.54) is 0 Å². The second-order valence-corrected chi connectivity index (χ2v) is 5.90. The second kappa shape index (κ2) is 6.97. The molecule has 0 saturated carbocycles. The van der Waals surface area contributed by atoms with Crippen molar-refractivity contribution in [1.82, 2.24) is 14.5 Å². The van der Waals surface area contributed by atoms with Gasteiger partial charge in [-0.3, -0.25) is 4.90 Å². The molecule has 0 bridgehead atoms. The third-order valence-electron chi connectivity index (χ3n) is 3.88. The number of alkyl halides is 1. The number of hydrogen-bond donors (Lipinski definition) is 0. The summed E-state index contributed by atoms with van der Waals surface area (Å²) in [7, 11) is 0. The van der Waals surface area contributed by atoms with E-state index in [4.69, 9.17) is 27.9 Å². The molecule has 1 aliphatic rings. The Hall–Kier alpha value is -0.810. The molecule has 6 heteroatoms. The molecule has 4 nitrogen and oxygen atoms in total. The molecule has 0 spiro atoms. The Morgan fingerprint density at radius 1 is 1.19 bits per heavy atom. The lowest BCUT2D eigenvalue weighted by molar-refractivity contribution is 0.0369. The van der Waals surface area contributed by atoms with Crippen LogP contribution in [0.3, 0.4) is 0 Å². The number of benzene rings is 1. The zero-order chi connectivity index (χ0) is 14.7. The number of aryl methyl sites for hydroxylation is 1. The smallest absolute Gasteiger partial charge is 0.124 e. The summed E-state index contributed by atoms with van der Waals surface area (Å²) in [4.78, 5) is 7.01. The normalized spacial score (nSPS) is 16.7. The molecule has 0 amide bonds. The molecular weight excluding hydrogens is 309 g/mol. The van der Waals surface area contributed by atoms with Crippen molar-refractivity contribution in [2.75, 3.05) is 32.8 Å². The number of morpholine rings is 1. The van der Waals surface area contributed by atoms with Gasteiger partial charge in [0.1, 0.15) is 5.82 Å². The van der Waals surface area contributed by atoms with Gasteiger partial charge in [0.2, 0.25) is 0 Å². The Morgan fingerprint density at radius 2 is 2.00 bits per heavy atom. The molecule has 114 valence electrons. The zero-order valence-electron chi connectivity index (χ0n) is 11.9. The standard InChI is InChI=1S/C15H19Cl2N3O/c16-11-14-18-13-4-1-3-12(17)15(13)20(14)6-2-5-19-7-9-21-10-8-19/h1,3-4H,2,5-11H2. The van der Waals surface area contributed by atoms with Gasteiger partial charge in [-0.05, 0) is 18.6 Å². The molecule has 1 aromatic carbocycles. The van der Waals surface area contributed by atoms with E-state index in [1.807, 2.05) is 18.2 Å². The summed E-state index contributed by atoms with van der Waals surface area (Å²) in [5, 5.41) is 0.739. The van der Waals surface area contributed by atoms with Crippen molar-refractivity contribution >= 4 is 34.2 Å². The average Bonchev–Trinajstić information content (AvgIpc) is 2.88. The van der Waals surface area contributed by atoms with E-state index in [1.54, 1.807) is 0 Å². The van der Waals surface area contributed by atoms with Crippen LogP contribution in [-0.2, 0) is 17.2 Å². The van der Waals surface area contributed by atoms with Gasteiger partial charge in [0.25, 0.3) is 0 Å². The van der Waals surface area contributed by atoms with Crippen LogP contribution < -0.4 is 0 Å². The monoisotopic (exact) mass is 327 g/mol. The average molecular weight is 328 g/mol. The largest absolute Gasteiger partial charge is 0.379 e. The summed E-state index contributed by atoms with van der Waals surface area (Å²) < 4.78 is 7.53. The number of para-hydroxylation sites is 1. The summed E-state index contributed by atoms with van der Waals surface area (Å²) in [5.74, 6) is 1.30. The molecule has 0 unspecified atom stereocenters. The van der Waals surface area contributed by atoms with Gasteiger partial charge in [0.15, 0.2) is 0 Å². The quantitative estimate of drug-likeness (QED) is 0.790. The van der Waals surface area contributed by atoms with E-state index < -0.39 is 0 Å². The molecule has 3 rings (SSSR count). The number of ether oxygens (including phenoxy) is 1. The van der Waals surface area contributed by atoms with Gasteiger partial charge < -0.3 is 9.30 Å². The molecule has 1 saturated heterocycles. The molecule has 1 fully saturated rings. The first kappa shape index (κ1) is 15.1. The molecule has 0 radical (unpaired) electrons. The number of halogens is 2. The van der Waals surface area contributed by atoms with E-state index in [0.717, 1.165) is 67.7 Å². The first-order valence-corrected chi connectivity index (χ1v) is 8.20. The van der Waals surface area contributed by atoms with Crippen LogP contribution >= 0.6 is 23.2 Å². The lowest BCUT2D eigenvalue weighted by Crippen LogP contribution is -2.37. The molecule has 1 aromatic heterocycles. The Bertz CT molecular complexity index is 608. The maximum Gasteiger partial charge on any atom is 0.124 e. The Labute approximate surface area is 134 Å². The first-order chi connectivity index (χ1) is 10.3. The van der Waals surface area contributed by atoms with Gasteiger partial charge >= 0.3 is 0 Å². The van der Waals surface area contributed by atoms with Crippen LogP contribution in [-0.4, -0.2) is 47.3 Å². The Balaban J connectivity index is 1.73. The predicted octanol–water partition coefficient (Wildman–Crippen LogP) is 3.15. The van der Waals surface area contributed by atoms with E-state index in [-0.39, 0.29) is 0 Å². The molecule has 2 heterocycles. The summed E-state index contributed by atoms with van der Waals surface area (Å²) in [6.07, 6.45) is 1.06. The van der Waals surface area contributed by atoms with Crippen LogP contribution in [0.4, 0.5) is 0 Å². The minimum absolute atomic E-state index is 0.405. The maximum atomic E-state index is 6.33. The van der Waals surface area contributed by atoms with E-state index in [0.29, 0.717) is 5.88 Å². The van der Waals surface area contributed by atoms with Gasteiger partial charge in [-0.2, -0.15) is 0 Å². The van der Waals surface area contributed by atoms with Crippen molar-refractivity contribution in [3.8, 4) is 0 Å². The third kappa shape index (κ3) is 3.34. The van der Waals surface area contributed by atoms with Crippen LogP contribution in [0.1, 0.15) is 12.2 Å². The molecule has 0 N–H and O–H groups in total. The molecular formula is C15H19Cl2N3O. The minimum atomic E-state index is 0.405. The minimum Gasteiger partial charge on any atom is -0.379 e. The van der Waals surface area contributed by atoms with E-state index in [2.05, 4.69) is 14.5 Å². The zero-order valence-corrected chi connectivity index (χ0v) is 13.4. The van der Waals surface area contributed by atoms with E-state index >= 15 is 0 Å². The topological polar surface area (TPSA) is 30.3 Å². The van der Waals surface area contributed by atoms with Crippen molar-refractivity contribution in [2.24, 2.45) is 0 Å². The van der Waals surface area contributed by atoms with E-state index in [9.17, 15) is 0 Å². The third-order valence-corrected chi connectivity index (χ3v) is 4.42. The van der Waals surface area contributed by atoms with Crippen LogP contribution in [0.5, 0.6) is 0 Å². The SMILES string of the molecule is ClCc1nc2cccc(Cl)c2n1CCCN1CCOCC1. The molecule has 0 aliphatic carbocycles. The summed E-state index contributed by atoms with van der Waals surface area (Å²) in [5.41, 5.74) is 1.92.